The molecule has 19 heavy (non-hydrogen) atoms. The molecule has 0 amide bonds. The Morgan fingerprint density at radius 1 is 1.16 bits per heavy atom. The first kappa shape index (κ1) is 13.2. The highest BCUT2D eigenvalue weighted by molar-refractivity contribution is 5.87. The average Bonchev–Trinajstić information content (AvgIpc) is 2.89. The molecule has 3 nitrogen and oxygen atoms in total. The van der Waals surface area contributed by atoms with Gasteiger partial charge in [-0.15, -0.1) is 0 Å². The SMILES string of the molecule is O=C(OCc1ccc(C(F)(F)F)cc1)c1ccc[nH]1. The van der Waals surface area contributed by atoms with Crippen LogP contribution >= 0.6 is 0 Å². The molecule has 0 atom stereocenters. The summed E-state index contributed by atoms with van der Waals surface area (Å²) in [5.41, 5.74) is 0.0618. The molecule has 100 valence electrons. The van der Waals surface area contributed by atoms with Crippen LogP contribution in [0.3, 0.4) is 0 Å². The van der Waals surface area contributed by atoms with Gasteiger partial charge in [-0.3, -0.25) is 0 Å². The van der Waals surface area contributed by atoms with Crippen molar-refractivity contribution in [1.82, 2.24) is 4.98 Å². The highest BCUT2D eigenvalue weighted by atomic mass is 19.4. The average molecular weight is 269 g/mol. The third-order valence-electron chi connectivity index (χ3n) is 2.47. The Labute approximate surface area is 107 Å². The minimum Gasteiger partial charge on any atom is -0.456 e. The molecule has 1 heterocycles. The zero-order valence-electron chi connectivity index (χ0n) is 9.70. The van der Waals surface area contributed by atoms with Gasteiger partial charge in [0.2, 0.25) is 0 Å². The Bertz CT molecular complexity index is 544. The molecule has 1 aromatic heterocycles. The molecule has 0 bridgehead atoms. The molecule has 2 aromatic rings. The molecule has 0 saturated carbocycles. The first-order valence-electron chi connectivity index (χ1n) is 5.43. The predicted octanol–water partition coefficient (Wildman–Crippen LogP) is 3.39. The first-order chi connectivity index (χ1) is 8.97. The highest BCUT2D eigenvalue weighted by Gasteiger charge is 2.29. The molecule has 0 fully saturated rings. The van der Waals surface area contributed by atoms with E-state index < -0.39 is 17.7 Å². The second kappa shape index (κ2) is 5.17. The molecule has 0 aliphatic rings. The Hall–Kier alpha value is -2.24. The van der Waals surface area contributed by atoms with Crippen LogP contribution in [0.4, 0.5) is 13.2 Å². The third kappa shape index (κ3) is 3.37. The van der Waals surface area contributed by atoms with E-state index in [0.29, 0.717) is 11.3 Å². The molecule has 2 rings (SSSR count). The number of aromatic amines is 1. The molecule has 0 unspecified atom stereocenters. The second-order valence-electron chi connectivity index (χ2n) is 3.85. The van der Waals surface area contributed by atoms with Crippen LogP contribution in [-0.2, 0) is 17.5 Å². The normalized spacial score (nSPS) is 11.3. The van der Waals surface area contributed by atoms with Crippen molar-refractivity contribution in [3.05, 3.63) is 59.4 Å². The van der Waals surface area contributed by atoms with Gasteiger partial charge in [-0.1, -0.05) is 12.1 Å². The molecule has 0 radical (unpaired) electrons. The van der Waals surface area contributed by atoms with Crippen molar-refractivity contribution < 1.29 is 22.7 Å². The monoisotopic (exact) mass is 269 g/mol. The van der Waals surface area contributed by atoms with E-state index >= 15 is 0 Å². The summed E-state index contributed by atoms with van der Waals surface area (Å²) in [7, 11) is 0. The summed E-state index contributed by atoms with van der Waals surface area (Å²) >= 11 is 0. The zero-order chi connectivity index (χ0) is 13.9. The summed E-state index contributed by atoms with van der Waals surface area (Å²) in [6.07, 6.45) is -2.78. The lowest BCUT2D eigenvalue weighted by atomic mass is 10.1. The number of halogens is 3. The van der Waals surface area contributed by atoms with E-state index in [1.807, 2.05) is 0 Å². The quantitative estimate of drug-likeness (QED) is 0.868. The van der Waals surface area contributed by atoms with Crippen molar-refractivity contribution in [3.63, 3.8) is 0 Å². The van der Waals surface area contributed by atoms with Crippen molar-refractivity contribution in [2.75, 3.05) is 0 Å². The number of esters is 1. The number of benzene rings is 1. The molecule has 0 aliphatic carbocycles. The van der Waals surface area contributed by atoms with Crippen LogP contribution < -0.4 is 0 Å². The van der Waals surface area contributed by atoms with Gasteiger partial charge < -0.3 is 9.72 Å². The van der Waals surface area contributed by atoms with E-state index in [1.165, 1.54) is 12.1 Å². The lowest BCUT2D eigenvalue weighted by Crippen LogP contribution is -2.07. The Morgan fingerprint density at radius 3 is 2.37 bits per heavy atom. The fourth-order valence-electron chi connectivity index (χ4n) is 1.47. The van der Waals surface area contributed by atoms with Crippen LogP contribution in [0.2, 0.25) is 0 Å². The number of alkyl halides is 3. The number of ether oxygens (including phenoxy) is 1. The molecule has 1 aromatic carbocycles. The molecular formula is C13H10F3NO2. The van der Waals surface area contributed by atoms with E-state index in [4.69, 9.17) is 4.74 Å². The number of carbonyl (C=O) groups is 1. The topological polar surface area (TPSA) is 42.1 Å². The standard InChI is InChI=1S/C13H10F3NO2/c14-13(15,16)10-5-3-9(4-6-10)8-19-12(18)11-2-1-7-17-11/h1-7,17H,8H2. The summed E-state index contributed by atoms with van der Waals surface area (Å²) < 4.78 is 41.9. The molecule has 0 aliphatic heterocycles. The van der Waals surface area contributed by atoms with Gasteiger partial charge >= 0.3 is 12.1 Å². The second-order valence-corrected chi connectivity index (χ2v) is 3.85. The first-order valence-corrected chi connectivity index (χ1v) is 5.43. The summed E-state index contributed by atoms with van der Waals surface area (Å²) in [4.78, 5) is 14.2. The Kier molecular flexibility index (Phi) is 3.59. The van der Waals surface area contributed by atoms with Gasteiger partial charge in [0.15, 0.2) is 0 Å². The largest absolute Gasteiger partial charge is 0.456 e. The summed E-state index contributed by atoms with van der Waals surface area (Å²) in [5, 5.41) is 0. The van der Waals surface area contributed by atoms with Crippen molar-refractivity contribution in [3.8, 4) is 0 Å². The van der Waals surface area contributed by atoms with E-state index in [1.54, 1.807) is 18.3 Å². The van der Waals surface area contributed by atoms with Gasteiger partial charge in [0.1, 0.15) is 12.3 Å². The lowest BCUT2D eigenvalue weighted by Gasteiger charge is -2.08. The molecule has 0 spiro atoms. The fourth-order valence-corrected chi connectivity index (χ4v) is 1.47. The molecule has 6 heteroatoms. The number of aromatic nitrogens is 1. The summed E-state index contributed by atoms with van der Waals surface area (Å²) in [6, 6.07) is 7.68. The summed E-state index contributed by atoms with van der Waals surface area (Å²) in [6.45, 7) is -0.0734. The molecule has 1 N–H and O–H groups in total. The maximum atomic E-state index is 12.3. The highest BCUT2D eigenvalue weighted by Crippen LogP contribution is 2.29. The van der Waals surface area contributed by atoms with Crippen LogP contribution in [0.25, 0.3) is 0 Å². The van der Waals surface area contributed by atoms with Crippen LogP contribution in [0.5, 0.6) is 0 Å². The van der Waals surface area contributed by atoms with Gasteiger partial charge in [0.05, 0.1) is 5.56 Å². The maximum absolute atomic E-state index is 12.3. The number of hydrogen-bond donors (Lipinski definition) is 1. The van der Waals surface area contributed by atoms with Crippen molar-refractivity contribution >= 4 is 5.97 Å². The van der Waals surface area contributed by atoms with E-state index in [9.17, 15) is 18.0 Å². The van der Waals surface area contributed by atoms with Gasteiger partial charge in [-0.05, 0) is 29.8 Å². The smallest absolute Gasteiger partial charge is 0.416 e. The number of rotatable bonds is 3. The number of hydrogen-bond acceptors (Lipinski definition) is 2. The van der Waals surface area contributed by atoms with Crippen LogP contribution in [0, 0.1) is 0 Å². The van der Waals surface area contributed by atoms with Gasteiger partial charge in [-0.2, -0.15) is 13.2 Å². The maximum Gasteiger partial charge on any atom is 0.416 e. The lowest BCUT2D eigenvalue weighted by molar-refractivity contribution is -0.137. The van der Waals surface area contributed by atoms with Crippen molar-refractivity contribution in [2.24, 2.45) is 0 Å². The minimum absolute atomic E-state index is 0.0734. The van der Waals surface area contributed by atoms with E-state index in [2.05, 4.69) is 4.98 Å². The number of H-pyrrole nitrogens is 1. The van der Waals surface area contributed by atoms with E-state index in [0.717, 1.165) is 12.1 Å². The number of carbonyl (C=O) groups excluding carboxylic acids is 1. The third-order valence-corrected chi connectivity index (χ3v) is 2.47. The zero-order valence-corrected chi connectivity index (χ0v) is 9.70. The molecule has 0 saturated heterocycles. The minimum atomic E-state index is -4.36. The predicted molar refractivity (Wildman–Crippen MR) is 61.4 cm³/mol. The van der Waals surface area contributed by atoms with Gasteiger partial charge in [0.25, 0.3) is 0 Å². The number of nitrogens with one attached hydrogen (secondary N) is 1. The van der Waals surface area contributed by atoms with Crippen LogP contribution in [0.1, 0.15) is 21.6 Å². The fraction of sp³-hybridized carbons (Fsp3) is 0.154. The van der Waals surface area contributed by atoms with Crippen LogP contribution in [-0.4, -0.2) is 11.0 Å². The Balaban J connectivity index is 1.95. The van der Waals surface area contributed by atoms with Crippen LogP contribution in [0.15, 0.2) is 42.6 Å². The van der Waals surface area contributed by atoms with Crippen molar-refractivity contribution in [2.45, 2.75) is 12.8 Å². The van der Waals surface area contributed by atoms with E-state index in [-0.39, 0.29) is 6.61 Å². The van der Waals surface area contributed by atoms with Gasteiger partial charge in [0, 0.05) is 6.20 Å². The summed E-state index contributed by atoms with van der Waals surface area (Å²) in [5.74, 6) is -0.551. The Morgan fingerprint density at radius 2 is 1.84 bits per heavy atom. The van der Waals surface area contributed by atoms with Gasteiger partial charge in [-0.25, -0.2) is 4.79 Å². The van der Waals surface area contributed by atoms with Crippen molar-refractivity contribution in [1.29, 1.82) is 0 Å². The molecular weight excluding hydrogens is 259 g/mol.